The highest BCUT2D eigenvalue weighted by molar-refractivity contribution is 5.34. The number of aromatic nitrogens is 2. The maximum atomic E-state index is 10.8. The van der Waals surface area contributed by atoms with Crippen molar-refractivity contribution in [2.75, 3.05) is 18.4 Å². The first-order valence-electron chi connectivity index (χ1n) is 7.62. The molecule has 0 bridgehead atoms. The summed E-state index contributed by atoms with van der Waals surface area (Å²) in [5.41, 5.74) is 2.05. The van der Waals surface area contributed by atoms with Gasteiger partial charge in [-0.15, -0.1) is 0 Å². The predicted octanol–water partition coefficient (Wildman–Crippen LogP) is 2.38. The number of aryl methyl sites for hydroxylation is 1. The molecule has 3 rings (SSSR count). The van der Waals surface area contributed by atoms with Gasteiger partial charge >= 0.3 is 0 Å². The SMILES string of the molecule is Cc1ccnc(NC2CCN(Cc3cccc([N+](=O)[O-])c3)C2)n1. The molecule has 1 unspecified atom stereocenters. The Morgan fingerprint density at radius 3 is 3.09 bits per heavy atom. The zero-order valence-electron chi connectivity index (χ0n) is 13.0. The molecular formula is C16H19N5O2. The van der Waals surface area contributed by atoms with Crippen molar-refractivity contribution in [1.82, 2.24) is 14.9 Å². The lowest BCUT2D eigenvalue weighted by Gasteiger charge is -2.16. The summed E-state index contributed by atoms with van der Waals surface area (Å²) in [6, 6.07) is 9.00. The molecule has 1 aromatic heterocycles. The lowest BCUT2D eigenvalue weighted by Crippen LogP contribution is -2.26. The Morgan fingerprint density at radius 1 is 1.43 bits per heavy atom. The number of benzene rings is 1. The number of nitrogens with one attached hydrogen (secondary N) is 1. The van der Waals surface area contributed by atoms with Crippen molar-refractivity contribution in [3.63, 3.8) is 0 Å². The third kappa shape index (κ3) is 4.01. The third-order valence-corrected chi connectivity index (χ3v) is 3.93. The molecule has 1 saturated heterocycles. The van der Waals surface area contributed by atoms with Gasteiger partial charge in [-0.3, -0.25) is 15.0 Å². The van der Waals surface area contributed by atoms with Gasteiger partial charge in [0.1, 0.15) is 0 Å². The summed E-state index contributed by atoms with van der Waals surface area (Å²) in [4.78, 5) is 21.4. The van der Waals surface area contributed by atoms with Crippen molar-refractivity contribution < 1.29 is 4.92 Å². The number of rotatable bonds is 5. The molecule has 0 radical (unpaired) electrons. The number of nitro benzene ring substituents is 1. The second-order valence-electron chi connectivity index (χ2n) is 5.81. The summed E-state index contributed by atoms with van der Waals surface area (Å²) in [7, 11) is 0. The topological polar surface area (TPSA) is 84.2 Å². The third-order valence-electron chi connectivity index (χ3n) is 3.93. The minimum atomic E-state index is -0.354. The largest absolute Gasteiger partial charge is 0.350 e. The summed E-state index contributed by atoms with van der Waals surface area (Å²) in [5.74, 6) is 0.659. The van der Waals surface area contributed by atoms with Gasteiger partial charge in [-0.1, -0.05) is 12.1 Å². The molecule has 1 aliphatic heterocycles. The van der Waals surface area contributed by atoms with Gasteiger partial charge in [-0.2, -0.15) is 0 Å². The van der Waals surface area contributed by atoms with E-state index in [4.69, 9.17) is 0 Å². The van der Waals surface area contributed by atoms with Crippen molar-refractivity contribution in [1.29, 1.82) is 0 Å². The first kappa shape index (κ1) is 15.4. The number of hydrogen-bond acceptors (Lipinski definition) is 6. The average molecular weight is 313 g/mol. The number of anilines is 1. The van der Waals surface area contributed by atoms with E-state index < -0.39 is 0 Å². The quantitative estimate of drug-likeness (QED) is 0.674. The first-order valence-corrected chi connectivity index (χ1v) is 7.62. The fourth-order valence-corrected chi connectivity index (χ4v) is 2.82. The van der Waals surface area contributed by atoms with Gasteiger partial charge in [-0.05, 0) is 25.0 Å². The van der Waals surface area contributed by atoms with Gasteiger partial charge in [0.2, 0.25) is 5.95 Å². The molecule has 1 aromatic carbocycles. The van der Waals surface area contributed by atoms with Crippen molar-refractivity contribution >= 4 is 11.6 Å². The minimum Gasteiger partial charge on any atom is -0.350 e. The summed E-state index contributed by atoms with van der Waals surface area (Å²) >= 11 is 0. The average Bonchev–Trinajstić information content (AvgIpc) is 2.94. The van der Waals surface area contributed by atoms with Crippen molar-refractivity contribution in [2.45, 2.75) is 25.9 Å². The van der Waals surface area contributed by atoms with Gasteiger partial charge in [0.15, 0.2) is 0 Å². The molecule has 23 heavy (non-hydrogen) atoms. The Hall–Kier alpha value is -2.54. The van der Waals surface area contributed by atoms with Gasteiger partial charge in [0.25, 0.3) is 5.69 Å². The highest BCUT2D eigenvalue weighted by Crippen LogP contribution is 2.19. The van der Waals surface area contributed by atoms with E-state index in [0.717, 1.165) is 30.8 Å². The fraction of sp³-hybridized carbons (Fsp3) is 0.375. The van der Waals surface area contributed by atoms with E-state index in [2.05, 4.69) is 20.2 Å². The molecule has 120 valence electrons. The van der Waals surface area contributed by atoms with E-state index in [0.29, 0.717) is 18.5 Å². The van der Waals surface area contributed by atoms with Crippen LogP contribution in [-0.2, 0) is 6.54 Å². The van der Waals surface area contributed by atoms with E-state index >= 15 is 0 Å². The summed E-state index contributed by atoms with van der Waals surface area (Å²) in [5, 5.41) is 14.2. The molecule has 1 N–H and O–H groups in total. The second-order valence-corrected chi connectivity index (χ2v) is 5.81. The number of hydrogen-bond donors (Lipinski definition) is 1. The van der Waals surface area contributed by atoms with Crippen LogP contribution < -0.4 is 5.32 Å². The molecule has 1 aliphatic rings. The van der Waals surface area contributed by atoms with Crippen molar-refractivity contribution in [2.24, 2.45) is 0 Å². The monoisotopic (exact) mass is 313 g/mol. The first-order chi connectivity index (χ1) is 11.1. The van der Waals surface area contributed by atoms with Crippen LogP contribution in [0.3, 0.4) is 0 Å². The summed E-state index contributed by atoms with van der Waals surface area (Å²) in [6.07, 6.45) is 2.76. The van der Waals surface area contributed by atoms with Crippen LogP contribution in [0.25, 0.3) is 0 Å². The lowest BCUT2D eigenvalue weighted by atomic mass is 10.2. The van der Waals surface area contributed by atoms with Crippen LogP contribution in [0, 0.1) is 17.0 Å². The van der Waals surface area contributed by atoms with Gasteiger partial charge in [0.05, 0.1) is 4.92 Å². The Labute approximate surface area is 134 Å². The predicted molar refractivity (Wildman–Crippen MR) is 87.2 cm³/mol. The molecule has 1 atom stereocenters. The van der Waals surface area contributed by atoms with Gasteiger partial charge < -0.3 is 5.32 Å². The Balaban J connectivity index is 1.57. The van der Waals surface area contributed by atoms with Crippen LogP contribution in [0.2, 0.25) is 0 Å². The Bertz CT molecular complexity index is 706. The number of nitro groups is 1. The fourth-order valence-electron chi connectivity index (χ4n) is 2.82. The molecule has 0 spiro atoms. The molecule has 2 heterocycles. The minimum absolute atomic E-state index is 0.143. The van der Waals surface area contributed by atoms with Crippen LogP contribution in [0.4, 0.5) is 11.6 Å². The van der Waals surface area contributed by atoms with Crippen molar-refractivity contribution in [3.8, 4) is 0 Å². The summed E-state index contributed by atoms with van der Waals surface area (Å²) < 4.78 is 0. The maximum Gasteiger partial charge on any atom is 0.269 e. The molecule has 0 amide bonds. The normalized spacial score (nSPS) is 18.0. The van der Waals surface area contributed by atoms with Gasteiger partial charge in [-0.25, -0.2) is 9.97 Å². The van der Waals surface area contributed by atoms with Crippen molar-refractivity contribution in [3.05, 3.63) is 57.9 Å². The Kier molecular flexibility index (Phi) is 4.47. The van der Waals surface area contributed by atoms with Crippen LogP contribution in [0.15, 0.2) is 36.5 Å². The molecular weight excluding hydrogens is 294 g/mol. The molecule has 7 nitrogen and oxygen atoms in total. The summed E-state index contributed by atoms with van der Waals surface area (Å²) in [6.45, 7) is 4.48. The zero-order chi connectivity index (χ0) is 16.2. The highest BCUT2D eigenvalue weighted by Gasteiger charge is 2.23. The number of nitrogens with zero attached hydrogens (tertiary/aromatic N) is 4. The highest BCUT2D eigenvalue weighted by atomic mass is 16.6. The maximum absolute atomic E-state index is 10.8. The van der Waals surface area contributed by atoms with E-state index in [1.54, 1.807) is 18.3 Å². The molecule has 1 fully saturated rings. The lowest BCUT2D eigenvalue weighted by molar-refractivity contribution is -0.384. The molecule has 0 saturated carbocycles. The Morgan fingerprint density at radius 2 is 2.30 bits per heavy atom. The second kappa shape index (κ2) is 6.70. The molecule has 2 aromatic rings. The van der Waals surface area contributed by atoms with Crippen LogP contribution in [0.1, 0.15) is 17.7 Å². The van der Waals surface area contributed by atoms with E-state index in [1.807, 2.05) is 19.1 Å². The van der Waals surface area contributed by atoms with Crippen LogP contribution in [-0.4, -0.2) is 38.9 Å². The number of likely N-dealkylation sites (tertiary alicyclic amines) is 1. The van der Waals surface area contributed by atoms with E-state index in [-0.39, 0.29) is 10.6 Å². The van der Waals surface area contributed by atoms with Gasteiger partial charge in [0, 0.05) is 49.7 Å². The van der Waals surface area contributed by atoms with E-state index in [1.165, 1.54) is 6.07 Å². The van der Waals surface area contributed by atoms with Crippen LogP contribution in [0.5, 0.6) is 0 Å². The standard InChI is InChI=1S/C16H19N5O2/c1-12-5-7-17-16(18-12)19-14-6-8-20(11-14)10-13-3-2-4-15(9-13)21(22)23/h2-5,7,9,14H,6,8,10-11H2,1H3,(H,17,18,19). The van der Waals surface area contributed by atoms with E-state index in [9.17, 15) is 10.1 Å². The van der Waals surface area contributed by atoms with Crippen LogP contribution >= 0.6 is 0 Å². The zero-order valence-corrected chi connectivity index (χ0v) is 13.0. The molecule has 7 heteroatoms. The number of non-ortho nitro benzene ring substituents is 1. The molecule has 0 aliphatic carbocycles. The smallest absolute Gasteiger partial charge is 0.269 e.